The van der Waals surface area contributed by atoms with Crippen molar-refractivity contribution >= 4 is 0 Å². The quantitative estimate of drug-likeness (QED) is 0.871. The maximum absolute atomic E-state index is 5.26. The standard InChI is InChI=1S/C14H15N3O/c1-18-11-4-2-3-10(7-11)14-12-8-15-6-5-13(12)16-9-17-14/h2-4,7,9,15H,5-6,8H2,1H3. The Kier molecular flexibility index (Phi) is 2.94. The van der Waals surface area contributed by atoms with Crippen molar-refractivity contribution < 1.29 is 4.74 Å². The highest BCUT2D eigenvalue weighted by Gasteiger charge is 2.16. The average Bonchev–Trinajstić information content (AvgIpc) is 2.47. The van der Waals surface area contributed by atoms with Crippen LogP contribution in [0.3, 0.4) is 0 Å². The molecule has 0 radical (unpaired) electrons. The molecule has 0 saturated carbocycles. The molecule has 0 amide bonds. The number of aromatic nitrogens is 2. The molecule has 0 aliphatic carbocycles. The third-order valence-corrected chi connectivity index (χ3v) is 3.22. The summed E-state index contributed by atoms with van der Waals surface area (Å²) in [5.41, 5.74) is 4.45. The molecule has 1 aromatic carbocycles. The summed E-state index contributed by atoms with van der Waals surface area (Å²) < 4.78 is 5.26. The summed E-state index contributed by atoms with van der Waals surface area (Å²) in [6.07, 6.45) is 2.62. The van der Waals surface area contributed by atoms with Gasteiger partial charge in [-0.1, -0.05) is 12.1 Å². The molecule has 2 heterocycles. The number of nitrogens with one attached hydrogen (secondary N) is 1. The normalized spacial score (nSPS) is 14.1. The van der Waals surface area contributed by atoms with Crippen LogP contribution in [-0.4, -0.2) is 23.6 Å². The minimum atomic E-state index is 0.836. The molecule has 0 spiro atoms. The van der Waals surface area contributed by atoms with Crippen LogP contribution in [0.5, 0.6) is 5.75 Å². The van der Waals surface area contributed by atoms with Crippen molar-refractivity contribution in [2.24, 2.45) is 0 Å². The molecule has 4 nitrogen and oxygen atoms in total. The van der Waals surface area contributed by atoms with E-state index in [0.717, 1.165) is 42.2 Å². The number of hydrogen-bond donors (Lipinski definition) is 1. The molecule has 1 aliphatic heterocycles. The van der Waals surface area contributed by atoms with Gasteiger partial charge in [0.25, 0.3) is 0 Å². The Labute approximate surface area is 106 Å². The lowest BCUT2D eigenvalue weighted by Gasteiger charge is -2.18. The van der Waals surface area contributed by atoms with Gasteiger partial charge in [0, 0.05) is 30.6 Å². The van der Waals surface area contributed by atoms with Gasteiger partial charge in [-0.3, -0.25) is 0 Å². The van der Waals surface area contributed by atoms with Crippen molar-refractivity contribution in [3.63, 3.8) is 0 Å². The number of fused-ring (bicyclic) bond motifs is 1. The first kappa shape index (κ1) is 11.2. The molecule has 2 aromatic rings. The summed E-state index contributed by atoms with van der Waals surface area (Å²) in [5.74, 6) is 0.851. The SMILES string of the molecule is COc1cccc(-c2ncnc3c2CNCC3)c1. The van der Waals surface area contributed by atoms with Crippen LogP contribution in [0.2, 0.25) is 0 Å². The molecule has 3 rings (SSSR count). The minimum Gasteiger partial charge on any atom is -0.497 e. The number of benzene rings is 1. The summed E-state index contributed by atoms with van der Waals surface area (Å²) in [4.78, 5) is 8.80. The molecule has 0 bridgehead atoms. The van der Waals surface area contributed by atoms with Crippen LogP contribution in [0.25, 0.3) is 11.3 Å². The number of methoxy groups -OCH3 is 1. The fraction of sp³-hybridized carbons (Fsp3) is 0.286. The van der Waals surface area contributed by atoms with Crippen LogP contribution in [-0.2, 0) is 13.0 Å². The topological polar surface area (TPSA) is 47.0 Å². The zero-order chi connectivity index (χ0) is 12.4. The highest BCUT2D eigenvalue weighted by Crippen LogP contribution is 2.27. The summed E-state index contributed by atoms with van der Waals surface area (Å²) in [5, 5.41) is 3.37. The van der Waals surface area contributed by atoms with Crippen molar-refractivity contribution in [1.29, 1.82) is 0 Å². The van der Waals surface area contributed by atoms with E-state index in [-0.39, 0.29) is 0 Å². The highest BCUT2D eigenvalue weighted by molar-refractivity contribution is 5.65. The third kappa shape index (κ3) is 1.95. The predicted molar refractivity (Wildman–Crippen MR) is 69.4 cm³/mol. The van der Waals surface area contributed by atoms with Gasteiger partial charge in [0.2, 0.25) is 0 Å². The summed E-state index contributed by atoms with van der Waals surface area (Å²) in [6, 6.07) is 7.99. The summed E-state index contributed by atoms with van der Waals surface area (Å²) in [6.45, 7) is 1.82. The van der Waals surface area contributed by atoms with Crippen molar-refractivity contribution in [2.45, 2.75) is 13.0 Å². The lowest BCUT2D eigenvalue weighted by Crippen LogP contribution is -2.25. The Hall–Kier alpha value is -1.94. The van der Waals surface area contributed by atoms with E-state index in [1.165, 1.54) is 5.56 Å². The van der Waals surface area contributed by atoms with Gasteiger partial charge >= 0.3 is 0 Å². The largest absolute Gasteiger partial charge is 0.497 e. The van der Waals surface area contributed by atoms with Gasteiger partial charge in [-0.05, 0) is 12.1 Å². The number of ether oxygens (including phenoxy) is 1. The van der Waals surface area contributed by atoms with Gasteiger partial charge in [0.1, 0.15) is 12.1 Å². The number of rotatable bonds is 2. The van der Waals surface area contributed by atoms with Crippen LogP contribution in [0.15, 0.2) is 30.6 Å². The smallest absolute Gasteiger partial charge is 0.119 e. The molecule has 1 aliphatic rings. The molecule has 1 aromatic heterocycles. The molecule has 4 heteroatoms. The lowest BCUT2D eigenvalue weighted by molar-refractivity contribution is 0.415. The first-order valence-corrected chi connectivity index (χ1v) is 6.06. The predicted octanol–water partition coefficient (Wildman–Crippen LogP) is 1.80. The molecule has 0 saturated heterocycles. The Balaban J connectivity index is 2.10. The lowest BCUT2D eigenvalue weighted by atomic mass is 10.0. The van der Waals surface area contributed by atoms with Crippen LogP contribution in [0, 0.1) is 0 Å². The Morgan fingerprint density at radius 2 is 2.22 bits per heavy atom. The van der Waals surface area contributed by atoms with Gasteiger partial charge in [-0.2, -0.15) is 0 Å². The second kappa shape index (κ2) is 4.74. The molecule has 18 heavy (non-hydrogen) atoms. The first-order chi connectivity index (χ1) is 8.88. The van der Waals surface area contributed by atoms with Gasteiger partial charge < -0.3 is 10.1 Å². The second-order valence-electron chi connectivity index (χ2n) is 4.31. The summed E-state index contributed by atoms with van der Waals surface area (Å²) >= 11 is 0. The van der Waals surface area contributed by atoms with Gasteiger partial charge in [-0.15, -0.1) is 0 Å². The van der Waals surface area contributed by atoms with Crippen molar-refractivity contribution in [2.75, 3.05) is 13.7 Å². The second-order valence-corrected chi connectivity index (χ2v) is 4.31. The van der Waals surface area contributed by atoms with Crippen molar-refractivity contribution in [3.05, 3.63) is 41.9 Å². The molecule has 92 valence electrons. The third-order valence-electron chi connectivity index (χ3n) is 3.22. The van der Waals surface area contributed by atoms with Gasteiger partial charge in [0.15, 0.2) is 0 Å². The molecular formula is C14H15N3O. The summed E-state index contributed by atoms with van der Waals surface area (Å²) in [7, 11) is 1.68. The zero-order valence-corrected chi connectivity index (χ0v) is 10.3. The van der Waals surface area contributed by atoms with Crippen molar-refractivity contribution in [3.8, 4) is 17.0 Å². The van der Waals surface area contributed by atoms with Crippen LogP contribution < -0.4 is 10.1 Å². The van der Waals surface area contributed by atoms with E-state index >= 15 is 0 Å². The highest BCUT2D eigenvalue weighted by atomic mass is 16.5. The fourth-order valence-corrected chi connectivity index (χ4v) is 2.29. The average molecular weight is 241 g/mol. The molecule has 0 atom stereocenters. The van der Waals surface area contributed by atoms with E-state index in [1.807, 2.05) is 18.2 Å². The molecule has 0 fully saturated rings. The minimum absolute atomic E-state index is 0.836. The number of nitrogens with zero attached hydrogens (tertiary/aromatic N) is 2. The van der Waals surface area contributed by atoms with E-state index in [0.29, 0.717) is 0 Å². The van der Waals surface area contributed by atoms with Gasteiger partial charge in [0.05, 0.1) is 18.5 Å². The van der Waals surface area contributed by atoms with Crippen LogP contribution >= 0.6 is 0 Å². The first-order valence-electron chi connectivity index (χ1n) is 6.06. The van der Waals surface area contributed by atoms with Crippen LogP contribution in [0.1, 0.15) is 11.3 Å². The monoisotopic (exact) mass is 241 g/mol. The zero-order valence-electron chi connectivity index (χ0n) is 10.3. The fourth-order valence-electron chi connectivity index (χ4n) is 2.29. The van der Waals surface area contributed by atoms with Crippen LogP contribution in [0.4, 0.5) is 0 Å². The Morgan fingerprint density at radius 3 is 3.11 bits per heavy atom. The van der Waals surface area contributed by atoms with E-state index in [9.17, 15) is 0 Å². The molecule has 0 unspecified atom stereocenters. The van der Waals surface area contributed by atoms with Crippen molar-refractivity contribution in [1.82, 2.24) is 15.3 Å². The molecule has 1 N–H and O–H groups in total. The van der Waals surface area contributed by atoms with E-state index in [4.69, 9.17) is 4.74 Å². The van der Waals surface area contributed by atoms with E-state index < -0.39 is 0 Å². The Morgan fingerprint density at radius 1 is 1.28 bits per heavy atom. The molecular weight excluding hydrogens is 226 g/mol. The maximum Gasteiger partial charge on any atom is 0.119 e. The number of hydrogen-bond acceptors (Lipinski definition) is 4. The maximum atomic E-state index is 5.26. The Bertz CT molecular complexity index is 569. The van der Waals surface area contributed by atoms with E-state index in [1.54, 1.807) is 13.4 Å². The van der Waals surface area contributed by atoms with Gasteiger partial charge in [-0.25, -0.2) is 9.97 Å². The van der Waals surface area contributed by atoms with E-state index in [2.05, 4.69) is 21.4 Å².